The van der Waals surface area contributed by atoms with Gasteiger partial charge in [0.25, 0.3) is 0 Å². The Kier molecular flexibility index (Phi) is 7.09. The highest BCUT2D eigenvalue weighted by atomic mass is 32.2. The SMILES string of the molecule is CC(CCO)NC(=O)CSC(C)C. The lowest BCUT2D eigenvalue weighted by Gasteiger charge is -2.12. The number of amides is 1. The van der Waals surface area contributed by atoms with Crippen LogP contribution < -0.4 is 5.32 Å². The minimum atomic E-state index is 0.0552. The van der Waals surface area contributed by atoms with Crippen LogP contribution in [0.1, 0.15) is 27.2 Å². The van der Waals surface area contributed by atoms with E-state index in [-0.39, 0.29) is 18.6 Å². The lowest BCUT2D eigenvalue weighted by Crippen LogP contribution is -2.34. The molecule has 0 aliphatic heterocycles. The Hall–Kier alpha value is -0.220. The lowest BCUT2D eigenvalue weighted by atomic mass is 10.2. The van der Waals surface area contributed by atoms with Crippen molar-refractivity contribution < 1.29 is 9.90 Å². The van der Waals surface area contributed by atoms with Crippen LogP contribution in [0.4, 0.5) is 0 Å². The van der Waals surface area contributed by atoms with Gasteiger partial charge in [0.2, 0.25) is 5.91 Å². The summed E-state index contributed by atoms with van der Waals surface area (Å²) in [5, 5.41) is 11.9. The molecule has 0 rings (SSSR count). The van der Waals surface area contributed by atoms with Crippen LogP contribution >= 0.6 is 11.8 Å². The molecule has 1 unspecified atom stereocenters. The van der Waals surface area contributed by atoms with Crippen molar-refractivity contribution in [3.8, 4) is 0 Å². The number of carbonyl (C=O) groups is 1. The highest BCUT2D eigenvalue weighted by molar-refractivity contribution is 8.00. The largest absolute Gasteiger partial charge is 0.396 e. The molecule has 0 heterocycles. The van der Waals surface area contributed by atoms with Crippen LogP contribution in [0.15, 0.2) is 0 Å². The van der Waals surface area contributed by atoms with Gasteiger partial charge in [-0.1, -0.05) is 13.8 Å². The van der Waals surface area contributed by atoms with Crippen molar-refractivity contribution in [3.05, 3.63) is 0 Å². The maximum atomic E-state index is 11.2. The van der Waals surface area contributed by atoms with Crippen LogP contribution in [-0.4, -0.2) is 34.7 Å². The number of aliphatic hydroxyl groups is 1. The number of thioether (sulfide) groups is 1. The topological polar surface area (TPSA) is 49.3 Å². The number of hydrogen-bond donors (Lipinski definition) is 2. The average molecular weight is 205 g/mol. The standard InChI is InChI=1S/C9H19NO2S/c1-7(2)13-6-9(12)10-8(3)4-5-11/h7-8,11H,4-6H2,1-3H3,(H,10,12). The molecule has 0 saturated carbocycles. The Morgan fingerprint density at radius 1 is 1.46 bits per heavy atom. The van der Waals surface area contributed by atoms with E-state index in [0.29, 0.717) is 17.4 Å². The number of hydrogen-bond acceptors (Lipinski definition) is 3. The van der Waals surface area contributed by atoms with Crippen LogP contribution in [-0.2, 0) is 4.79 Å². The zero-order valence-corrected chi connectivity index (χ0v) is 9.36. The predicted octanol–water partition coefficient (Wildman–Crippen LogP) is 1.02. The van der Waals surface area contributed by atoms with Crippen molar-refractivity contribution in [1.82, 2.24) is 5.32 Å². The molecule has 0 spiro atoms. The molecule has 3 nitrogen and oxygen atoms in total. The molecule has 0 aromatic carbocycles. The molecule has 0 aromatic heterocycles. The first-order valence-electron chi connectivity index (χ1n) is 4.58. The van der Waals surface area contributed by atoms with Crippen LogP contribution in [0.25, 0.3) is 0 Å². The fourth-order valence-corrected chi connectivity index (χ4v) is 1.39. The minimum absolute atomic E-state index is 0.0552. The summed E-state index contributed by atoms with van der Waals surface area (Å²) in [5.41, 5.74) is 0. The Morgan fingerprint density at radius 3 is 2.54 bits per heavy atom. The Morgan fingerprint density at radius 2 is 2.08 bits per heavy atom. The molecule has 2 N–H and O–H groups in total. The van der Waals surface area contributed by atoms with Crippen LogP contribution in [0, 0.1) is 0 Å². The fourth-order valence-electron chi connectivity index (χ4n) is 0.825. The summed E-state index contributed by atoms with van der Waals surface area (Å²) in [6, 6.07) is 0.0743. The van der Waals surface area contributed by atoms with E-state index >= 15 is 0 Å². The molecule has 4 heteroatoms. The van der Waals surface area contributed by atoms with Gasteiger partial charge in [-0.2, -0.15) is 0 Å². The van der Waals surface area contributed by atoms with E-state index in [4.69, 9.17) is 5.11 Å². The molecule has 0 fully saturated rings. The Bertz CT molecular complexity index is 151. The van der Waals surface area contributed by atoms with Gasteiger partial charge in [-0.3, -0.25) is 4.79 Å². The summed E-state index contributed by atoms with van der Waals surface area (Å²) in [4.78, 5) is 11.2. The maximum absolute atomic E-state index is 11.2. The van der Waals surface area contributed by atoms with Crippen molar-refractivity contribution >= 4 is 17.7 Å². The van der Waals surface area contributed by atoms with E-state index in [2.05, 4.69) is 19.2 Å². The first kappa shape index (κ1) is 12.8. The second kappa shape index (κ2) is 7.21. The van der Waals surface area contributed by atoms with Crippen molar-refractivity contribution in [2.24, 2.45) is 0 Å². The van der Waals surface area contributed by atoms with E-state index in [0.717, 1.165) is 0 Å². The molecule has 78 valence electrons. The van der Waals surface area contributed by atoms with Crippen molar-refractivity contribution in [2.45, 2.75) is 38.5 Å². The molecule has 0 aromatic rings. The van der Waals surface area contributed by atoms with Gasteiger partial charge in [-0.15, -0.1) is 11.8 Å². The summed E-state index contributed by atoms with van der Waals surface area (Å²) in [6.45, 7) is 6.15. The van der Waals surface area contributed by atoms with Gasteiger partial charge in [0, 0.05) is 12.6 Å². The molecule has 1 amide bonds. The summed E-state index contributed by atoms with van der Waals surface area (Å²) < 4.78 is 0. The fraction of sp³-hybridized carbons (Fsp3) is 0.889. The van der Waals surface area contributed by atoms with Gasteiger partial charge < -0.3 is 10.4 Å². The van der Waals surface area contributed by atoms with Gasteiger partial charge in [-0.25, -0.2) is 0 Å². The zero-order chi connectivity index (χ0) is 10.3. The minimum Gasteiger partial charge on any atom is -0.396 e. The van der Waals surface area contributed by atoms with Crippen molar-refractivity contribution in [2.75, 3.05) is 12.4 Å². The highest BCUT2D eigenvalue weighted by Crippen LogP contribution is 2.07. The van der Waals surface area contributed by atoms with Gasteiger partial charge in [-0.05, 0) is 18.6 Å². The van der Waals surface area contributed by atoms with Gasteiger partial charge in [0.05, 0.1) is 5.75 Å². The van der Waals surface area contributed by atoms with Crippen LogP contribution in [0.5, 0.6) is 0 Å². The highest BCUT2D eigenvalue weighted by Gasteiger charge is 2.07. The third kappa shape index (κ3) is 8.12. The molecule has 0 aliphatic carbocycles. The molecular formula is C9H19NO2S. The first-order chi connectivity index (χ1) is 6.06. The Balaban J connectivity index is 3.50. The van der Waals surface area contributed by atoms with Crippen molar-refractivity contribution in [1.29, 1.82) is 0 Å². The number of carbonyl (C=O) groups excluding carboxylic acids is 1. The number of nitrogens with one attached hydrogen (secondary N) is 1. The van der Waals surface area contributed by atoms with Crippen molar-refractivity contribution in [3.63, 3.8) is 0 Å². The second-order valence-electron chi connectivity index (χ2n) is 3.34. The quantitative estimate of drug-likeness (QED) is 0.680. The summed E-state index contributed by atoms with van der Waals surface area (Å²) in [7, 11) is 0. The van der Waals surface area contributed by atoms with Crippen LogP contribution in [0.3, 0.4) is 0 Å². The van der Waals surface area contributed by atoms with E-state index in [1.54, 1.807) is 11.8 Å². The van der Waals surface area contributed by atoms with Crippen LogP contribution in [0.2, 0.25) is 0 Å². The van der Waals surface area contributed by atoms with Gasteiger partial charge >= 0.3 is 0 Å². The Labute approximate surface area is 84.3 Å². The van der Waals surface area contributed by atoms with Gasteiger partial charge in [0.15, 0.2) is 0 Å². The number of rotatable bonds is 6. The maximum Gasteiger partial charge on any atom is 0.230 e. The normalized spacial score (nSPS) is 13.0. The molecule has 0 aliphatic rings. The molecule has 13 heavy (non-hydrogen) atoms. The predicted molar refractivity (Wildman–Crippen MR) is 56.9 cm³/mol. The second-order valence-corrected chi connectivity index (χ2v) is 4.91. The first-order valence-corrected chi connectivity index (χ1v) is 5.63. The van der Waals surface area contributed by atoms with E-state index < -0.39 is 0 Å². The van der Waals surface area contributed by atoms with E-state index in [1.807, 2.05) is 6.92 Å². The number of aliphatic hydroxyl groups excluding tert-OH is 1. The van der Waals surface area contributed by atoms with E-state index in [1.165, 1.54) is 0 Å². The van der Waals surface area contributed by atoms with E-state index in [9.17, 15) is 4.79 Å². The molecule has 1 atom stereocenters. The monoisotopic (exact) mass is 205 g/mol. The average Bonchev–Trinajstić information content (AvgIpc) is 2.01. The molecule has 0 bridgehead atoms. The third-order valence-electron chi connectivity index (χ3n) is 1.52. The molecular weight excluding hydrogens is 186 g/mol. The molecule has 0 radical (unpaired) electrons. The summed E-state index contributed by atoms with van der Waals surface area (Å²) in [5.74, 6) is 0.563. The molecule has 0 saturated heterocycles. The lowest BCUT2D eigenvalue weighted by molar-refractivity contribution is -0.119. The third-order valence-corrected chi connectivity index (χ3v) is 2.61. The smallest absolute Gasteiger partial charge is 0.230 e. The summed E-state index contributed by atoms with van der Waals surface area (Å²) >= 11 is 1.62. The summed E-state index contributed by atoms with van der Waals surface area (Å²) in [6.07, 6.45) is 0.623. The van der Waals surface area contributed by atoms with Gasteiger partial charge in [0.1, 0.15) is 0 Å². The zero-order valence-electron chi connectivity index (χ0n) is 8.54.